The molecule has 3 N–H and O–H groups in total. The Morgan fingerprint density at radius 3 is 2.85 bits per heavy atom. The van der Waals surface area contributed by atoms with E-state index in [4.69, 9.17) is 5.73 Å². The molecule has 1 aromatic carbocycles. The summed E-state index contributed by atoms with van der Waals surface area (Å²) in [5, 5.41) is 1.18. The Hall–Kier alpha value is -1.70. The fraction of sp³-hybridized carbons (Fsp3) is 0.0909. The molecule has 0 aliphatic heterocycles. The first-order chi connectivity index (χ1) is 6.16. The first-order valence-corrected chi connectivity index (χ1v) is 4.21. The van der Waals surface area contributed by atoms with E-state index in [9.17, 15) is 0 Å². The molecule has 2 rings (SSSR count). The van der Waals surface area contributed by atoms with Gasteiger partial charge in [-0.25, -0.2) is 0 Å². The molecule has 13 heavy (non-hydrogen) atoms. The molecular formula is C11H12N2. The Morgan fingerprint density at radius 1 is 1.38 bits per heavy atom. The maximum absolute atomic E-state index is 5.59. The second kappa shape index (κ2) is 2.66. The fourth-order valence-corrected chi connectivity index (χ4v) is 1.43. The van der Waals surface area contributed by atoms with Crippen molar-refractivity contribution in [3.05, 3.63) is 42.1 Å². The molecule has 2 aromatic rings. The molecule has 0 atom stereocenters. The maximum Gasteiger partial charge on any atom is 0.0618 e. The third-order valence-electron chi connectivity index (χ3n) is 2.12. The largest absolute Gasteiger partial charge is 0.398 e. The van der Waals surface area contributed by atoms with Crippen molar-refractivity contribution in [1.29, 1.82) is 0 Å². The van der Waals surface area contributed by atoms with Gasteiger partial charge in [-0.2, -0.15) is 0 Å². The second-order valence-corrected chi connectivity index (χ2v) is 3.30. The van der Waals surface area contributed by atoms with Crippen LogP contribution in [-0.4, -0.2) is 4.98 Å². The number of aryl methyl sites for hydroxylation is 1. The van der Waals surface area contributed by atoms with E-state index in [2.05, 4.69) is 36.7 Å². The van der Waals surface area contributed by atoms with Crippen LogP contribution in [0.5, 0.6) is 0 Å². The minimum Gasteiger partial charge on any atom is -0.398 e. The predicted molar refractivity (Wildman–Crippen MR) is 56.3 cm³/mol. The number of hydrogen-bond donors (Lipinski definition) is 2. The lowest BCUT2D eigenvalue weighted by Gasteiger charge is -1.91. The summed E-state index contributed by atoms with van der Waals surface area (Å²) in [6, 6.07) is 8.27. The van der Waals surface area contributed by atoms with Crippen LogP contribution in [0, 0.1) is 6.92 Å². The lowest BCUT2D eigenvalue weighted by atomic mass is 10.2. The third-order valence-corrected chi connectivity index (χ3v) is 2.12. The highest BCUT2D eigenvalue weighted by Gasteiger charge is 2.00. The highest BCUT2D eigenvalue weighted by Crippen LogP contribution is 2.18. The molecule has 0 unspecified atom stereocenters. The number of rotatable bonds is 1. The molecule has 0 saturated carbocycles. The van der Waals surface area contributed by atoms with Crippen molar-refractivity contribution in [2.24, 2.45) is 5.73 Å². The molecule has 0 spiro atoms. The molecule has 0 aliphatic rings. The highest BCUT2D eigenvalue weighted by atomic mass is 14.8. The van der Waals surface area contributed by atoms with Crippen LogP contribution in [0.1, 0.15) is 11.3 Å². The van der Waals surface area contributed by atoms with Crippen LogP contribution >= 0.6 is 0 Å². The van der Waals surface area contributed by atoms with Gasteiger partial charge in [-0.15, -0.1) is 0 Å². The predicted octanol–water partition coefficient (Wildman–Crippen LogP) is 2.41. The molecule has 0 fully saturated rings. The quantitative estimate of drug-likeness (QED) is 0.681. The summed E-state index contributed by atoms with van der Waals surface area (Å²) in [4.78, 5) is 3.20. The van der Waals surface area contributed by atoms with E-state index in [1.807, 2.05) is 6.07 Å². The zero-order valence-electron chi connectivity index (χ0n) is 7.59. The van der Waals surface area contributed by atoms with Crippen LogP contribution in [0.25, 0.3) is 16.6 Å². The Kier molecular flexibility index (Phi) is 1.62. The van der Waals surface area contributed by atoms with Crippen molar-refractivity contribution >= 4 is 16.6 Å². The van der Waals surface area contributed by atoms with Gasteiger partial charge in [-0.1, -0.05) is 18.2 Å². The fourth-order valence-electron chi connectivity index (χ4n) is 1.43. The number of benzene rings is 1. The molecule has 0 saturated heterocycles. The zero-order chi connectivity index (χ0) is 9.42. The number of hydrogen-bond acceptors (Lipinski definition) is 1. The molecule has 66 valence electrons. The summed E-state index contributed by atoms with van der Waals surface area (Å²) in [5.41, 5.74) is 9.43. The molecular weight excluding hydrogens is 160 g/mol. The Balaban J connectivity index is 2.68. The molecule has 1 heterocycles. The number of aromatic nitrogens is 1. The van der Waals surface area contributed by atoms with Gasteiger partial charge in [0, 0.05) is 16.6 Å². The second-order valence-electron chi connectivity index (χ2n) is 3.30. The van der Waals surface area contributed by atoms with Crippen molar-refractivity contribution in [3.63, 3.8) is 0 Å². The highest BCUT2D eigenvalue weighted by molar-refractivity contribution is 5.84. The average Bonchev–Trinajstić information content (AvgIpc) is 2.46. The van der Waals surface area contributed by atoms with E-state index < -0.39 is 0 Å². The van der Waals surface area contributed by atoms with Gasteiger partial charge in [0.1, 0.15) is 0 Å². The number of nitrogens with two attached hydrogens (primary N) is 1. The summed E-state index contributed by atoms with van der Waals surface area (Å²) in [6.45, 7) is 5.76. The van der Waals surface area contributed by atoms with Crippen LogP contribution < -0.4 is 5.73 Å². The van der Waals surface area contributed by atoms with Crippen molar-refractivity contribution in [2.75, 3.05) is 0 Å². The van der Waals surface area contributed by atoms with Crippen molar-refractivity contribution in [1.82, 2.24) is 4.98 Å². The lowest BCUT2D eigenvalue weighted by Crippen LogP contribution is -1.92. The van der Waals surface area contributed by atoms with Crippen LogP contribution in [0.3, 0.4) is 0 Å². The van der Waals surface area contributed by atoms with Crippen molar-refractivity contribution in [3.8, 4) is 0 Å². The van der Waals surface area contributed by atoms with E-state index in [1.165, 1.54) is 10.9 Å². The van der Waals surface area contributed by atoms with Gasteiger partial charge < -0.3 is 10.7 Å². The van der Waals surface area contributed by atoms with E-state index in [0.29, 0.717) is 5.70 Å². The smallest absolute Gasteiger partial charge is 0.0618 e. The normalized spacial score (nSPS) is 10.5. The number of fused-ring (bicyclic) bond motifs is 1. The summed E-state index contributed by atoms with van der Waals surface area (Å²) in [5.74, 6) is 0. The van der Waals surface area contributed by atoms with Crippen LogP contribution in [0.15, 0.2) is 30.8 Å². The van der Waals surface area contributed by atoms with E-state index in [-0.39, 0.29) is 0 Å². The van der Waals surface area contributed by atoms with Gasteiger partial charge >= 0.3 is 0 Å². The van der Waals surface area contributed by atoms with Gasteiger partial charge in [0.05, 0.1) is 5.69 Å². The molecule has 2 heteroatoms. The van der Waals surface area contributed by atoms with Crippen LogP contribution in [0.2, 0.25) is 0 Å². The summed E-state index contributed by atoms with van der Waals surface area (Å²) in [7, 11) is 0. The van der Waals surface area contributed by atoms with Gasteiger partial charge in [-0.3, -0.25) is 0 Å². The van der Waals surface area contributed by atoms with Gasteiger partial charge in [0.25, 0.3) is 0 Å². The number of aromatic amines is 1. The Morgan fingerprint density at radius 2 is 2.15 bits per heavy atom. The van der Waals surface area contributed by atoms with Crippen molar-refractivity contribution < 1.29 is 0 Å². The summed E-state index contributed by atoms with van der Waals surface area (Å²) < 4.78 is 0. The van der Waals surface area contributed by atoms with Gasteiger partial charge in [0.15, 0.2) is 0 Å². The van der Waals surface area contributed by atoms with E-state index in [1.54, 1.807) is 0 Å². The standard InChI is InChI=1S/C11H12N2/c1-7-3-4-10-9(5-7)6-11(13-10)8(2)12/h3-6,13H,2,12H2,1H3. The SMILES string of the molecule is C=C(N)c1cc2cc(C)ccc2[nH]1. The maximum atomic E-state index is 5.59. The van der Waals surface area contributed by atoms with Crippen LogP contribution in [-0.2, 0) is 0 Å². The Labute approximate surface area is 77.1 Å². The summed E-state index contributed by atoms with van der Waals surface area (Å²) >= 11 is 0. The number of H-pyrrole nitrogens is 1. The minimum absolute atomic E-state index is 0.578. The average molecular weight is 172 g/mol. The van der Waals surface area contributed by atoms with E-state index >= 15 is 0 Å². The number of nitrogens with one attached hydrogen (secondary N) is 1. The molecule has 0 amide bonds. The van der Waals surface area contributed by atoms with E-state index in [0.717, 1.165) is 11.2 Å². The first kappa shape index (κ1) is 7.92. The monoisotopic (exact) mass is 172 g/mol. The molecule has 0 aliphatic carbocycles. The van der Waals surface area contributed by atoms with Crippen LogP contribution in [0.4, 0.5) is 0 Å². The minimum atomic E-state index is 0.578. The van der Waals surface area contributed by atoms with Gasteiger partial charge in [-0.05, 0) is 25.1 Å². The topological polar surface area (TPSA) is 41.8 Å². The molecule has 2 nitrogen and oxygen atoms in total. The Bertz CT molecular complexity index is 466. The molecule has 0 radical (unpaired) electrons. The van der Waals surface area contributed by atoms with Crippen molar-refractivity contribution in [2.45, 2.75) is 6.92 Å². The first-order valence-electron chi connectivity index (χ1n) is 4.21. The van der Waals surface area contributed by atoms with Gasteiger partial charge in [0.2, 0.25) is 0 Å². The third kappa shape index (κ3) is 1.31. The zero-order valence-corrected chi connectivity index (χ0v) is 7.59. The lowest BCUT2D eigenvalue weighted by molar-refractivity contribution is 1.37. The molecule has 1 aromatic heterocycles. The molecule has 0 bridgehead atoms. The summed E-state index contributed by atoms with van der Waals surface area (Å²) in [6.07, 6.45) is 0.